The highest BCUT2D eigenvalue weighted by atomic mass is 16.3. The fraction of sp³-hybridized carbons (Fsp3) is 0.444. The summed E-state index contributed by atoms with van der Waals surface area (Å²) in [5, 5.41) is 10.5. The van der Waals surface area contributed by atoms with Gasteiger partial charge in [0.05, 0.1) is 6.10 Å². The largest absolute Gasteiger partial charge is 0.392 e. The second-order valence-electron chi connectivity index (χ2n) is 6.25. The van der Waals surface area contributed by atoms with Crippen LogP contribution in [0.3, 0.4) is 0 Å². The number of imidazole rings is 1. The predicted molar refractivity (Wildman–Crippen MR) is 88.0 cm³/mol. The standard InChI is InChI=1S/C18H23N3O2/c1-20-12-9-19-17(20)18(23)21-10-7-15(8-11-21)16(22)13-14-5-3-2-4-6-14/h2-6,9,12,15-16,22H,7-8,10-11,13H2,1H3. The molecule has 1 saturated heterocycles. The lowest BCUT2D eigenvalue weighted by molar-refractivity contribution is 0.0457. The van der Waals surface area contributed by atoms with Crippen LogP contribution in [0.4, 0.5) is 0 Å². The van der Waals surface area contributed by atoms with E-state index < -0.39 is 0 Å². The van der Waals surface area contributed by atoms with E-state index in [1.807, 2.05) is 42.3 Å². The van der Waals surface area contributed by atoms with Crippen LogP contribution in [-0.4, -0.2) is 44.7 Å². The monoisotopic (exact) mass is 313 g/mol. The van der Waals surface area contributed by atoms with E-state index in [0.717, 1.165) is 18.4 Å². The Labute approximate surface area is 136 Å². The van der Waals surface area contributed by atoms with E-state index in [4.69, 9.17) is 0 Å². The van der Waals surface area contributed by atoms with Gasteiger partial charge in [-0.1, -0.05) is 30.3 Å². The van der Waals surface area contributed by atoms with Crippen LogP contribution in [0.5, 0.6) is 0 Å². The molecule has 0 aliphatic carbocycles. The number of aliphatic hydroxyl groups excluding tert-OH is 1. The first-order chi connectivity index (χ1) is 11.1. The van der Waals surface area contributed by atoms with Gasteiger partial charge in [0.25, 0.3) is 5.91 Å². The number of carbonyl (C=O) groups excluding carboxylic acids is 1. The summed E-state index contributed by atoms with van der Waals surface area (Å²) in [6, 6.07) is 10.1. The Kier molecular flexibility index (Phi) is 4.76. The molecule has 1 aliphatic heterocycles. The third-order valence-electron chi connectivity index (χ3n) is 4.67. The summed E-state index contributed by atoms with van der Waals surface area (Å²) >= 11 is 0. The van der Waals surface area contributed by atoms with Crippen LogP contribution in [0.2, 0.25) is 0 Å². The molecule has 0 saturated carbocycles. The van der Waals surface area contributed by atoms with Gasteiger partial charge in [-0.3, -0.25) is 4.79 Å². The molecule has 5 nitrogen and oxygen atoms in total. The molecular formula is C18H23N3O2. The van der Waals surface area contributed by atoms with Crippen molar-refractivity contribution in [2.45, 2.75) is 25.4 Å². The lowest BCUT2D eigenvalue weighted by Crippen LogP contribution is -2.42. The van der Waals surface area contributed by atoms with E-state index in [-0.39, 0.29) is 17.9 Å². The maximum Gasteiger partial charge on any atom is 0.289 e. The fourth-order valence-electron chi connectivity index (χ4n) is 3.22. The lowest BCUT2D eigenvalue weighted by Gasteiger charge is -2.34. The van der Waals surface area contributed by atoms with Crippen LogP contribution in [0, 0.1) is 5.92 Å². The van der Waals surface area contributed by atoms with Crippen molar-refractivity contribution in [2.24, 2.45) is 13.0 Å². The van der Waals surface area contributed by atoms with Gasteiger partial charge in [-0.2, -0.15) is 0 Å². The number of benzene rings is 1. The summed E-state index contributed by atoms with van der Waals surface area (Å²) in [6.07, 6.45) is 5.43. The van der Waals surface area contributed by atoms with Crippen molar-refractivity contribution in [3.63, 3.8) is 0 Å². The van der Waals surface area contributed by atoms with Gasteiger partial charge in [-0.05, 0) is 30.7 Å². The highest BCUT2D eigenvalue weighted by Crippen LogP contribution is 2.24. The quantitative estimate of drug-likeness (QED) is 0.937. The average Bonchev–Trinajstić information content (AvgIpc) is 3.01. The molecule has 1 aromatic carbocycles. The van der Waals surface area contributed by atoms with Crippen LogP contribution in [0.1, 0.15) is 29.0 Å². The Hall–Kier alpha value is -2.14. The molecule has 1 unspecified atom stereocenters. The van der Waals surface area contributed by atoms with Crippen LogP contribution in [0.25, 0.3) is 0 Å². The molecule has 1 fully saturated rings. The van der Waals surface area contributed by atoms with Crippen molar-refractivity contribution in [1.29, 1.82) is 0 Å². The summed E-state index contributed by atoms with van der Waals surface area (Å²) in [5.41, 5.74) is 1.16. The molecule has 5 heteroatoms. The molecule has 0 radical (unpaired) electrons. The zero-order valence-electron chi connectivity index (χ0n) is 13.4. The van der Waals surface area contributed by atoms with Crippen molar-refractivity contribution in [1.82, 2.24) is 14.5 Å². The Morgan fingerprint density at radius 1 is 1.30 bits per heavy atom. The topological polar surface area (TPSA) is 58.4 Å². The molecule has 1 N–H and O–H groups in total. The van der Waals surface area contributed by atoms with Crippen molar-refractivity contribution in [3.05, 3.63) is 54.1 Å². The number of hydrogen-bond acceptors (Lipinski definition) is 3. The second kappa shape index (κ2) is 6.96. The molecule has 3 rings (SSSR count). The molecule has 1 atom stereocenters. The minimum absolute atomic E-state index is 0.0199. The van der Waals surface area contributed by atoms with E-state index in [0.29, 0.717) is 25.3 Å². The number of rotatable bonds is 4. The Balaban J connectivity index is 1.54. The van der Waals surface area contributed by atoms with Crippen molar-refractivity contribution < 1.29 is 9.90 Å². The number of amides is 1. The van der Waals surface area contributed by atoms with Gasteiger partial charge < -0.3 is 14.6 Å². The highest BCUT2D eigenvalue weighted by molar-refractivity contribution is 5.90. The molecule has 122 valence electrons. The molecule has 0 spiro atoms. The summed E-state index contributed by atoms with van der Waals surface area (Å²) in [7, 11) is 1.83. The molecule has 2 aromatic rings. The SMILES string of the molecule is Cn1ccnc1C(=O)N1CCC(C(O)Cc2ccccc2)CC1. The number of aryl methyl sites for hydroxylation is 1. The van der Waals surface area contributed by atoms with Crippen LogP contribution < -0.4 is 0 Å². The van der Waals surface area contributed by atoms with Crippen molar-refractivity contribution >= 4 is 5.91 Å². The van der Waals surface area contributed by atoms with Crippen LogP contribution in [0.15, 0.2) is 42.7 Å². The molecule has 1 aromatic heterocycles. The number of carbonyl (C=O) groups is 1. The minimum Gasteiger partial charge on any atom is -0.392 e. The number of nitrogens with zero attached hydrogens (tertiary/aromatic N) is 3. The maximum atomic E-state index is 12.4. The molecule has 0 bridgehead atoms. The number of likely N-dealkylation sites (tertiary alicyclic amines) is 1. The summed E-state index contributed by atoms with van der Waals surface area (Å²) in [5.74, 6) is 0.711. The number of aliphatic hydroxyl groups is 1. The van der Waals surface area contributed by atoms with Crippen LogP contribution in [-0.2, 0) is 13.5 Å². The van der Waals surface area contributed by atoms with Crippen molar-refractivity contribution in [2.75, 3.05) is 13.1 Å². The molecular weight excluding hydrogens is 290 g/mol. The molecule has 23 heavy (non-hydrogen) atoms. The summed E-state index contributed by atoms with van der Waals surface area (Å²) in [4.78, 5) is 18.4. The smallest absolute Gasteiger partial charge is 0.289 e. The minimum atomic E-state index is -0.345. The van der Waals surface area contributed by atoms with Gasteiger partial charge in [0.15, 0.2) is 5.82 Å². The van der Waals surface area contributed by atoms with E-state index in [2.05, 4.69) is 4.98 Å². The maximum absolute atomic E-state index is 12.4. The van der Waals surface area contributed by atoms with E-state index in [1.165, 1.54) is 0 Å². The molecule has 1 amide bonds. The zero-order chi connectivity index (χ0) is 16.2. The van der Waals surface area contributed by atoms with Gasteiger partial charge in [-0.15, -0.1) is 0 Å². The third kappa shape index (κ3) is 3.62. The van der Waals surface area contributed by atoms with Gasteiger partial charge in [0.2, 0.25) is 0 Å². The fourth-order valence-corrected chi connectivity index (χ4v) is 3.22. The normalized spacial score (nSPS) is 17.2. The van der Waals surface area contributed by atoms with Gasteiger partial charge >= 0.3 is 0 Å². The Bertz CT molecular complexity index is 645. The van der Waals surface area contributed by atoms with Crippen LogP contribution >= 0.6 is 0 Å². The van der Waals surface area contributed by atoms with Gasteiger partial charge in [0, 0.05) is 32.5 Å². The van der Waals surface area contributed by atoms with E-state index in [1.54, 1.807) is 17.0 Å². The second-order valence-corrected chi connectivity index (χ2v) is 6.25. The average molecular weight is 313 g/mol. The first-order valence-electron chi connectivity index (χ1n) is 8.13. The first-order valence-corrected chi connectivity index (χ1v) is 8.13. The number of piperidine rings is 1. The van der Waals surface area contributed by atoms with Gasteiger partial charge in [0.1, 0.15) is 0 Å². The number of aromatic nitrogens is 2. The third-order valence-corrected chi connectivity index (χ3v) is 4.67. The predicted octanol–water partition coefficient (Wildman–Crippen LogP) is 1.88. The Morgan fingerprint density at radius 3 is 2.61 bits per heavy atom. The first kappa shape index (κ1) is 15.7. The molecule has 1 aliphatic rings. The highest BCUT2D eigenvalue weighted by Gasteiger charge is 2.29. The van der Waals surface area contributed by atoms with Crippen molar-refractivity contribution in [3.8, 4) is 0 Å². The van der Waals surface area contributed by atoms with E-state index in [9.17, 15) is 9.90 Å². The zero-order valence-corrected chi connectivity index (χ0v) is 13.4. The summed E-state index contributed by atoms with van der Waals surface area (Å²) < 4.78 is 1.75. The van der Waals surface area contributed by atoms with Gasteiger partial charge in [-0.25, -0.2) is 4.98 Å². The van der Waals surface area contributed by atoms with E-state index >= 15 is 0 Å². The number of hydrogen-bond donors (Lipinski definition) is 1. The summed E-state index contributed by atoms with van der Waals surface area (Å²) in [6.45, 7) is 1.37. The molecule has 2 heterocycles. The Morgan fingerprint density at radius 2 is 2.00 bits per heavy atom. The lowest BCUT2D eigenvalue weighted by atomic mass is 9.88.